The molecule has 0 spiro atoms. The number of hydrogen-bond acceptors (Lipinski definition) is 7. The molecule has 0 aliphatic heterocycles. The first-order chi connectivity index (χ1) is 15.3. The van der Waals surface area contributed by atoms with Gasteiger partial charge in [0.05, 0.1) is 23.9 Å². The van der Waals surface area contributed by atoms with E-state index in [2.05, 4.69) is 26.5 Å². The monoisotopic (exact) mass is 506 g/mol. The molecular formula is C23H27BrN2O6. The molecule has 2 aromatic rings. The van der Waals surface area contributed by atoms with E-state index in [1.54, 1.807) is 19.1 Å². The Morgan fingerprint density at radius 1 is 1.00 bits per heavy atom. The van der Waals surface area contributed by atoms with Crippen LogP contribution in [0.1, 0.15) is 30.5 Å². The van der Waals surface area contributed by atoms with Crippen LogP contribution in [-0.2, 0) is 14.3 Å². The summed E-state index contributed by atoms with van der Waals surface area (Å²) in [6.07, 6.45) is 1.47. The maximum absolute atomic E-state index is 12.1. The van der Waals surface area contributed by atoms with Crippen LogP contribution in [0.3, 0.4) is 0 Å². The first kappa shape index (κ1) is 25.2. The van der Waals surface area contributed by atoms with Crippen LogP contribution in [0.5, 0.6) is 17.2 Å². The van der Waals surface area contributed by atoms with Crippen LogP contribution >= 0.6 is 15.9 Å². The second kappa shape index (κ2) is 12.7. The summed E-state index contributed by atoms with van der Waals surface area (Å²) in [5, 5.41) is 3.97. The van der Waals surface area contributed by atoms with E-state index >= 15 is 0 Å². The zero-order valence-corrected chi connectivity index (χ0v) is 20.2. The average molecular weight is 507 g/mol. The Bertz CT molecular complexity index is 957. The molecule has 0 heterocycles. The molecule has 0 atom stereocenters. The van der Waals surface area contributed by atoms with E-state index in [1.807, 2.05) is 39.0 Å². The highest BCUT2D eigenvalue weighted by Gasteiger charge is 2.14. The second-order valence-electron chi connectivity index (χ2n) is 6.66. The molecule has 2 aromatic carbocycles. The van der Waals surface area contributed by atoms with Crippen molar-refractivity contribution in [2.75, 3.05) is 26.4 Å². The number of nitrogens with one attached hydrogen (secondary N) is 1. The predicted octanol–water partition coefficient (Wildman–Crippen LogP) is 3.94. The summed E-state index contributed by atoms with van der Waals surface area (Å²) in [5.41, 5.74) is 5.01. The summed E-state index contributed by atoms with van der Waals surface area (Å²) in [6, 6.07) is 9.20. The molecule has 0 aliphatic carbocycles. The minimum atomic E-state index is -0.474. The van der Waals surface area contributed by atoms with Crippen LogP contribution in [0.25, 0.3) is 0 Å². The molecule has 1 amide bonds. The number of nitrogens with zero attached hydrogens (tertiary/aromatic N) is 1. The van der Waals surface area contributed by atoms with Crippen LogP contribution < -0.4 is 19.6 Å². The third-order valence-corrected chi connectivity index (χ3v) is 4.72. The number of rotatable bonds is 11. The van der Waals surface area contributed by atoms with E-state index < -0.39 is 5.97 Å². The van der Waals surface area contributed by atoms with Crippen LogP contribution in [0.4, 0.5) is 0 Å². The number of aryl methyl sites for hydroxylation is 2. The number of para-hydroxylation sites is 1. The summed E-state index contributed by atoms with van der Waals surface area (Å²) in [5.74, 6) is 0.636. The summed E-state index contributed by atoms with van der Waals surface area (Å²) >= 11 is 3.42. The molecule has 9 heteroatoms. The van der Waals surface area contributed by atoms with E-state index in [0.717, 1.165) is 11.1 Å². The van der Waals surface area contributed by atoms with Crippen LogP contribution in [0, 0.1) is 13.8 Å². The Hall–Kier alpha value is -3.07. The van der Waals surface area contributed by atoms with Crippen molar-refractivity contribution in [1.82, 2.24) is 5.43 Å². The number of benzene rings is 2. The normalized spacial score (nSPS) is 10.7. The van der Waals surface area contributed by atoms with Crippen LogP contribution in [0.15, 0.2) is 39.9 Å². The lowest BCUT2D eigenvalue weighted by molar-refractivity contribution is -0.145. The SMILES string of the molecule is CCOC(=O)COc1c(Br)cc(/C=N\NC(=O)COc2c(C)cccc2C)cc1OCC. The smallest absolute Gasteiger partial charge is 0.344 e. The van der Waals surface area contributed by atoms with Gasteiger partial charge in [0, 0.05) is 0 Å². The topological polar surface area (TPSA) is 95.5 Å². The number of hydrazone groups is 1. The number of esters is 1. The highest BCUT2D eigenvalue weighted by molar-refractivity contribution is 9.10. The third-order valence-electron chi connectivity index (χ3n) is 4.13. The first-order valence-electron chi connectivity index (χ1n) is 10.1. The molecule has 0 radical (unpaired) electrons. The number of hydrogen-bond donors (Lipinski definition) is 1. The van der Waals surface area contributed by atoms with Gasteiger partial charge in [0.2, 0.25) is 0 Å². The fourth-order valence-electron chi connectivity index (χ4n) is 2.77. The minimum Gasteiger partial charge on any atom is -0.490 e. The van der Waals surface area contributed by atoms with Crippen molar-refractivity contribution in [1.29, 1.82) is 0 Å². The average Bonchev–Trinajstić information content (AvgIpc) is 2.73. The van der Waals surface area contributed by atoms with Gasteiger partial charge in [-0.3, -0.25) is 4.79 Å². The van der Waals surface area contributed by atoms with E-state index in [0.29, 0.717) is 33.9 Å². The standard InChI is InChI=1S/C23H27BrN2O6/c1-5-29-19-11-17(10-18(24)23(19)32-14-21(28)30-6-2)12-25-26-20(27)13-31-22-15(3)8-7-9-16(22)4/h7-12H,5-6,13-14H2,1-4H3,(H,26,27)/b25-12-. The van der Waals surface area contributed by atoms with Gasteiger partial charge in [-0.1, -0.05) is 18.2 Å². The molecule has 0 saturated carbocycles. The second-order valence-corrected chi connectivity index (χ2v) is 7.51. The molecule has 1 N–H and O–H groups in total. The maximum Gasteiger partial charge on any atom is 0.344 e. The highest BCUT2D eigenvalue weighted by atomic mass is 79.9. The van der Waals surface area contributed by atoms with Crippen molar-refractivity contribution < 1.29 is 28.5 Å². The zero-order chi connectivity index (χ0) is 23.5. The summed E-state index contributed by atoms with van der Waals surface area (Å²) in [6.45, 7) is 7.68. The highest BCUT2D eigenvalue weighted by Crippen LogP contribution is 2.36. The van der Waals surface area contributed by atoms with E-state index in [-0.39, 0.29) is 25.7 Å². The predicted molar refractivity (Wildman–Crippen MR) is 125 cm³/mol. The molecule has 2 rings (SSSR count). The fraction of sp³-hybridized carbons (Fsp3) is 0.348. The van der Waals surface area contributed by atoms with Gasteiger partial charge in [-0.2, -0.15) is 5.10 Å². The Morgan fingerprint density at radius 2 is 1.69 bits per heavy atom. The lowest BCUT2D eigenvalue weighted by Gasteiger charge is -2.14. The lowest BCUT2D eigenvalue weighted by atomic mass is 10.1. The van der Waals surface area contributed by atoms with Gasteiger partial charge in [0.15, 0.2) is 24.7 Å². The van der Waals surface area contributed by atoms with Crippen LogP contribution in [-0.4, -0.2) is 44.5 Å². The largest absolute Gasteiger partial charge is 0.490 e. The van der Waals surface area contributed by atoms with Crippen molar-refractivity contribution in [2.24, 2.45) is 5.10 Å². The van der Waals surface area contributed by atoms with E-state index in [1.165, 1.54) is 6.21 Å². The number of halogens is 1. The minimum absolute atomic E-state index is 0.155. The van der Waals surface area contributed by atoms with Crippen molar-refractivity contribution in [3.63, 3.8) is 0 Å². The Morgan fingerprint density at radius 3 is 2.34 bits per heavy atom. The first-order valence-corrected chi connectivity index (χ1v) is 10.9. The summed E-state index contributed by atoms with van der Waals surface area (Å²) in [7, 11) is 0. The van der Waals surface area contributed by atoms with E-state index in [4.69, 9.17) is 18.9 Å². The molecule has 8 nitrogen and oxygen atoms in total. The molecule has 0 aromatic heterocycles. The molecule has 0 bridgehead atoms. The summed E-state index contributed by atoms with van der Waals surface area (Å²) in [4.78, 5) is 23.6. The zero-order valence-electron chi connectivity index (χ0n) is 18.6. The third kappa shape index (κ3) is 7.56. The number of carbonyl (C=O) groups excluding carboxylic acids is 2. The van der Waals surface area contributed by atoms with Gasteiger partial charge < -0.3 is 18.9 Å². The van der Waals surface area contributed by atoms with Gasteiger partial charge in [0.25, 0.3) is 5.91 Å². The van der Waals surface area contributed by atoms with Crippen LogP contribution in [0.2, 0.25) is 0 Å². The fourth-order valence-corrected chi connectivity index (χ4v) is 3.35. The maximum atomic E-state index is 12.1. The molecule has 0 unspecified atom stereocenters. The van der Waals surface area contributed by atoms with Gasteiger partial charge in [-0.05, 0) is 72.4 Å². The Labute approximate surface area is 196 Å². The Balaban J connectivity index is 2.00. The van der Waals surface area contributed by atoms with Crippen molar-refractivity contribution in [3.05, 3.63) is 51.5 Å². The van der Waals surface area contributed by atoms with Crippen molar-refractivity contribution in [2.45, 2.75) is 27.7 Å². The lowest BCUT2D eigenvalue weighted by Crippen LogP contribution is -2.25. The molecule has 0 aliphatic rings. The molecule has 32 heavy (non-hydrogen) atoms. The summed E-state index contributed by atoms with van der Waals surface area (Å²) < 4.78 is 22.2. The van der Waals surface area contributed by atoms with Gasteiger partial charge in [-0.25, -0.2) is 10.2 Å². The van der Waals surface area contributed by atoms with Gasteiger partial charge >= 0.3 is 5.97 Å². The van der Waals surface area contributed by atoms with Crippen molar-refractivity contribution >= 4 is 34.0 Å². The number of amides is 1. The number of ether oxygens (including phenoxy) is 4. The molecular weight excluding hydrogens is 480 g/mol. The molecule has 0 fully saturated rings. The van der Waals surface area contributed by atoms with Gasteiger partial charge in [-0.15, -0.1) is 0 Å². The quantitative estimate of drug-likeness (QED) is 0.281. The van der Waals surface area contributed by atoms with Gasteiger partial charge in [0.1, 0.15) is 5.75 Å². The molecule has 172 valence electrons. The Kier molecular flexibility index (Phi) is 10.0. The number of carbonyl (C=O) groups is 2. The van der Waals surface area contributed by atoms with E-state index in [9.17, 15) is 9.59 Å². The van der Waals surface area contributed by atoms with Crippen molar-refractivity contribution in [3.8, 4) is 17.2 Å². The molecule has 0 saturated heterocycles.